The molecular weight excluding hydrogens is 276 g/mol. The quantitative estimate of drug-likeness (QED) is 0.849. The number of carbonyl (C=O) groups is 2. The van der Waals surface area contributed by atoms with Crippen LogP contribution in [0.3, 0.4) is 0 Å². The summed E-state index contributed by atoms with van der Waals surface area (Å²) in [6.45, 7) is 3.36. The van der Waals surface area contributed by atoms with E-state index in [1.807, 2.05) is 0 Å². The average Bonchev–Trinajstić information content (AvgIpc) is 2.85. The molecule has 0 bridgehead atoms. The first-order chi connectivity index (χ1) is 9.63. The number of amides is 2. The second-order valence-corrected chi connectivity index (χ2v) is 5.36. The molecule has 0 aromatic heterocycles. The number of rotatable bonds is 5. The first-order valence-corrected chi connectivity index (χ1v) is 7.39. The molecule has 1 aliphatic heterocycles. The maximum Gasteiger partial charge on any atom is 0.253 e. The van der Waals surface area contributed by atoms with Gasteiger partial charge in [-0.2, -0.15) is 0 Å². The maximum absolute atomic E-state index is 12.2. The van der Waals surface area contributed by atoms with E-state index in [1.165, 1.54) is 0 Å². The zero-order chi connectivity index (χ0) is 14.5. The molecule has 108 valence electrons. The lowest BCUT2D eigenvalue weighted by molar-refractivity contribution is -0.117. The third-order valence-corrected chi connectivity index (χ3v) is 3.62. The van der Waals surface area contributed by atoms with Gasteiger partial charge in [0, 0.05) is 24.5 Å². The summed E-state index contributed by atoms with van der Waals surface area (Å²) in [4.78, 5) is 25.7. The van der Waals surface area contributed by atoms with Crippen molar-refractivity contribution in [2.45, 2.75) is 32.6 Å². The smallest absolute Gasteiger partial charge is 0.253 e. The minimum Gasteiger partial charge on any atom is -0.352 e. The van der Waals surface area contributed by atoms with Crippen LogP contribution < -0.4 is 10.2 Å². The zero-order valence-electron chi connectivity index (χ0n) is 11.6. The summed E-state index contributed by atoms with van der Waals surface area (Å²) in [5, 5.41) is 3.41. The second kappa shape index (κ2) is 6.75. The molecule has 2 amide bonds. The number of halogens is 1. The van der Waals surface area contributed by atoms with E-state index < -0.39 is 0 Å². The van der Waals surface area contributed by atoms with Crippen molar-refractivity contribution < 1.29 is 9.59 Å². The molecule has 1 aliphatic rings. The Morgan fingerprint density at radius 3 is 2.90 bits per heavy atom. The Bertz CT molecular complexity index is 517. The molecule has 4 nitrogen and oxygen atoms in total. The van der Waals surface area contributed by atoms with Gasteiger partial charge in [-0.25, -0.2) is 0 Å². The minimum atomic E-state index is -0.148. The Kier molecular flexibility index (Phi) is 5.01. The van der Waals surface area contributed by atoms with Gasteiger partial charge >= 0.3 is 0 Å². The fourth-order valence-electron chi connectivity index (χ4n) is 2.30. The molecule has 20 heavy (non-hydrogen) atoms. The largest absolute Gasteiger partial charge is 0.352 e. The van der Waals surface area contributed by atoms with Crippen molar-refractivity contribution >= 4 is 29.1 Å². The van der Waals surface area contributed by atoms with Crippen LogP contribution in [0, 0.1) is 0 Å². The van der Waals surface area contributed by atoms with Crippen LogP contribution in [0.15, 0.2) is 18.2 Å². The van der Waals surface area contributed by atoms with E-state index in [0.717, 1.165) is 19.3 Å². The minimum absolute atomic E-state index is 0.0508. The van der Waals surface area contributed by atoms with E-state index in [0.29, 0.717) is 35.8 Å². The Labute approximate surface area is 124 Å². The fourth-order valence-corrected chi connectivity index (χ4v) is 2.46. The van der Waals surface area contributed by atoms with Gasteiger partial charge in [-0.15, -0.1) is 0 Å². The Hall–Kier alpha value is -1.55. The molecule has 1 aromatic carbocycles. The van der Waals surface area contributed by atoms with Gasteiger partial charge < -0.3 is 10.2 Å². The Morgan fingerprint density at radius 1 is 1.45 bits per heavy atom. The van der Waals surface area contributed by atoms with Crippen LogP contribution in [0.2, 0.25) is 5.02 Å². The summed E-state index contributed by atoms with van der Waals surface area (Å²) in [5.74, 6) is -0.0975. The van der Waals surface area contributed by atoms with Crippen LogP contribution >= 0.6 is 11.6 Å². The van der Waals surface area contributed by atoms with E-state index in [2.05, 4.69) is 12.2 Å². The van der Waals surface area contributed by atoms with Crippen LogP contribution in [0.5, 0.6) is 0 Å². The average molecular weight is 295 g/mol. The number of unbranched alkanes of at least 4 members (excludes halogenated alkanes) is 1. The van der Waals surface area contributed by atoms with Crippen LogP contribution in [0.1, 0.15) is 43.0 Å². The number of nitrogens with zero attached hydrogens (tertiary/aromatic N) is 1. The summed E-state index contributed by atoms with van der Waals surface area (Å²) in [7, 11) is 0. The summed E-state index contributed by atoms with van der Waals surface area (Å²) in [6.07, 6.45) is 3.32. The first-order valence-electron chi connectivity index (χ1n) is 7.01. The molecule has 1 fully saturated rings. The number of hydrogen-bond donors (Lipinski definition) is 1. The maximum atomic E-state index is 12.2. The van der Waals surface area contributed by atoms with Crippen molar-refractivity contribution in [2.75, 3.05) is 18.0 Å². The van der Waals surface area contributed by atoms with Gasteiger partial charge in [0.05, 0.1) is 11.3 Å². The summed E-state index contributed by atoms with van der Waals surface area (Å²) < 4.78 is 0. The number of benzene rings is 1. The van der Waals surface area contributed by atoms with Crippen LogP contribution in [0.4, 0.5) is 5.69 Å². The SMILES string of the molecule is CCCCNC(=O)c1ccc(Cl)cc1N1CCCC1=O. The molecular formula is C15H19ClN2O2. The van der Waals surface area contributed by atoms with Crippen molar-refractivity contribution in [2.24, 2.45) is 0 Å². The first kappa shape index (κ1) is 14.9. The van der Waals surface area contributed by atoms with Gasteiger partial charge in [0.15, 0.2) is 0 Å². The number of nitrogens with one attached hydrogen (secondary N) is 1. The molecule has 1 N–H and O–H groups in total. The summed E-state index contributed by atoms with van der Waals surface area (Å²) in [6, 6.07) is 5.06. The van der Waals surface area contributed by atoms with Gasteiger partial charge in [-0.3, -0.25) is 9.59 Å². The lowest BCUT2D eigenvalue weighted by atomic mass is 10.1. The van der Waals surface area contributed by atoms with Crippen LogP contribution in [-0.4, -0.2) is 24.9 Å². The predicted molar refractivity (Wildman–Crippen MR) is 80.3 cm³/mol. The highest BCUT2D eigenvalue weighted by atomic mass is 35.5. The monoisotopic (exact) mass is 294 g/mol. The Morgan fingerprint density at radius 2 is 2.25 bits per heavy atom. The molecule has 2 rings (SSSR count). The van der Waals surface area contributed by atoms with E-state index >= 15 is 0 Å². The molecule has 0 atom stereocenters. The van der Waals surface area contributed by atoms with Gasteiger partial charge in [0.25, 0.3) is 5.91 Å². The molecule has 1 saturated heterocycles. The van der Waals surface area contributed by atoms with Crippen molar-refractivity contribution in [3.05, 3.63) is 28.8 Å². The summed E-state index contributed by atoms with van der Waals surface area (Å²) >= 11 is 6.00. The second-order valence-electron chi connectivity index (χ2n) is 4.92. The number of carbonyl (C=O) groups excluding carboxylic acids is 2. The van der Waals surface area contributed by atoms with E-state index in [-0.39, 0.29) is 11.8 Å². The molecule has 5 heteroatoms. The van der Waals surface area contributed by atoms with Gasteiger partial charge in [-0.05, 0) is 31.0 Å². The van der Waals surface area contributed by atoms with Crippen molar-refractivity contribution in [3.63, 3.8) is 0 Å². The van der Waals surface area contributed by atoms with E-state index in [9.17, 15) is 9.59 Å². The van der Waals surface area contributed by atoms with Gasteiger partial charge in [-0.1, -0.05) is 24.9 Å². The standard InChI is InChI=1S/C15H19ClN2O2/c1-2-3-8-17-15(20)12-7-6-11(16)10-13(12)18-9-4-5-14(18)19/h6-7,10H,2-5,8-9H2,1H3,(H,17,20). The molecule has 1 aromatic rings. The lowest BCUT2D eigenvalue weighted by Crippen LogP contribution is -2.30. The predicted octanol–water partition coefficient (Wildman–Crippen LogP) is 3.00. The fraction of sp³-hybridized carbons (Fsp3) is 0.467. The number of anilines is 1. The van der Waals surface area contributed by atoms with Gasteiger partial charge in [0.2, 0.25) is 5.91 Å². The van der Waals surface area contributed by atoms with Crippen LogP contribution in [0.25, 0.3) is 0 Å². The molecule has 1 heterocycles. The summed E-state index contributed by atoms with van der Waals surface area (Å²) in [5.41, 5.74) is 1.13. The zero-order valence-corrected chi connectivity index (χ0v) is 12.4. The third kappa shape index (κ3) is 3.31. The number of hydrogen-bond acceptors (Lipinski definition) is 2. The lowest BCUT2D eigenvalue weighted by Gasteiger charge is -2.19. The Balaban J connectivity index is 2.23. The third-order valence-electron chi connectivity index (χ3n) is 3.38. The highest BCUT2D eigenvalue weighted by Crippen LogP contribution is 2.28. The van der Waals surface area contributed by atoms with E-state index in [1.54, 1.807) is 23.1 Å². The molecule has 0 unspecified atom stereocenters. The van der Waals surface area contributed by atoms with Crippen molar-refractivity contribution in [1.82, 2.24) is 5.32 Å². The van der Waals surface area contributed by atoms with Gasteiger partial charge in [0.1, 0.15) is 0 Å². The highest BCUT2D eigenvalue weighted by molar-refractivity contribution is 6.31. The normalized spacial score (nSPS) is 14.7. The highest BCUT2D eigenvalue weighted by Gasteiger charge is 2.26. The molecule has 0 radical (unpaired) electrons. The molecule has 0 aliphatic carbocycles. The molecule has 0 saturated carbocycles. The van der Waals surface area contributed by atoms with Crippen LogP contribution in [-0.2, 0) is 4.79 Å². The van der Waals surface area contributed by atoms with E-state index in [4.69, 9.17) is 11.6 Å². The topological polar surface area (TPSA) is 49.4 Å². The van der Waals surface area contributed by atoms with Crippen molar-refractivity contribution in [3.8, 4) is 0 Å². The molecule has 0 spiro atoms. The van der Waals surface area contributed by atoms with Crippen molar-refractivity contribution in [1.29, 1.82) is 0 Å².